The molecule has 2 N–H and O–H groups in total. The summed E-state index contributed by atoms with van der Waals surface area (Å²) in [5.41, 5.74) is -0.157. The van der Waals surface area contributed by atoms with Gasteiger partial charge in [0.05, 0.1) is 18.3 Å². The van der Waals surface area contributed by atoms with Crippen LogP contribution in [0.25, 0.3) is 0 Å². The van der Waals surface area contributed by atoms with E-state index in [1.807, 2.05) is 0 Å². The van der Waals surface area contributed by atoms with Crippen LogP contribution in [0.5, 0.6) is 0 Å². The molecular formula is C13H16F3NO2. The number of aliphatic hydroxyl groups excluding tert-OH is 2. The number of likely N-dealkylation sites (tertiary alicyclic amines) is 1. The van der Waals surface area contributed by atoms with Crippen molar-refractivity contribution in [3.63, 3.8) is 0 Å². The Hall–Kier alpha value is -1.11. The Labute approximate surface area is 109 Å². The molecule has 0 amide bonds. The molecule has 0 radical (unpaired) electrons. The van der Waals surface area contributed by atoms with Crippen LogP contribution >= 0.6 is 0 Å². The second-order valence-corrected chi connectivity index (χ2v) is 4.75. The summed E-state index contributed by atoms with van der Waals surface area (Å²) in [6.07, 6.45) is -4.54. The van der Waals surface area contributed by atoms with Crippen molar-refractivity contribution in [1.29, 1.82) is 0 Å². The molecule has 1 aromatic rings. The van der Waals surface area contributed by atoms with Crippen LogP contribution in [0.2, 0.25) is 0 Å². The number of alkyl halides is 3. The molecule has 1 aromatic carbocycles. The highest BCUT2D eigenvalue weighted by atomic mass is 19.4. The summed E-state index contributed by atoms with van der Waals surface area (Å²) in [4.78, 5) is 1.81. The van der Waals surface area contributed by atoms with Crippen molar-refractivity contribution < 1.29 is 23.4 Å². The Morgan fingerprint density at radius 2 is 2.05 bits per heavy atom. The number of hydrogen-bond donors (Lipinski definition) is 2. The molecule has 0 aliphatic carbocycles. The maximum absolute atomic E-state index is 12.7. The van der Waals surface area contributed by atoms with Crippen molar-refractivity contribution in [2.75, 3.05) is 19.7 Å². The predicted molar refractivity (Wildman–Crippen MR) is 63.5 cm³/mol. The Bertz CT molecular complexity index is 436. The first kappa shape index (κ1) is 14.3. The summed E-state index contributed by atoms with van der Waals surface area (Å²) in [6.45, 7) is 0.641. The number of benzene rings is 1. The summed E-state index contributed by atoms with van der Waals surface area (Å²) in [5.74, 6) is 0. The van der Waals surface area contributed by atoms with Crippen molar-refractivity contribution in [3.05, 3.63) is 35.4 Å². The minimum Gasteiger partial charge on any atom is -0.395 e. The number of β-amino-alcohol motifs (C(OH)–C–C–N with tert-alkyl or cyclic N) is 2. The van der Waals surface area contributed by atoms with E-state index < -0.39 is 17.8 Å². The van der Waals surface area contributed by atoms with Crippen molar-refractivity contribution >= 4 is 0 Å². The topological polar surface area (TPSA) is 43.7 Å². The molecule has 0 aromatic heterocycles. The van der Waals surface area contributed by atoms with Crippen molar-refractivity contribution in [3.8, 4) is 0 Å². The van der Waals surface area contributed by atoms with Crippen LogP contribution in [-0.2, 0) is 6.18 Å². The van der Waals surface area contributed by atoms with Gasteiger partial charge < -0.3 is 10.2 Å². The van der Waals surface area contributed by atoms with E-state index in [-0.39, 0.29) is 12.6 Å². The summed E-state index contributed by atoms with van der Waals surface area (Å²) in [7, 11) is 0. The number of hydrogen-bond acceptors (Lipinski definition) is 3. The Morgan fingerprint density at radius 3 is 2.68 bits per heavy atom. The normalized spacial score (nSPS) is 24.9. The Kier molecular flexibility index (Phi) is 4.13. The number of rotatable bonds is 3. The smallest absolute Gasteiger partial charge is 0.395 e. The van der Waals surface area contributed by atoms with Gasteiger partial charge in [0.15, 0.2) is 0 Å². The first-order valence-electron chi connectivity index (χ1n) is 6.12. The van der Waals surface area contributed by atoms with E-state index in [0.717, 1.165) is 12.1 Å². The fraction of sp³-hybridized carbons (Fsp3) is 0.538. The van der Waals surface area contributed by atoms with Crippen molar-refractivity contribution in [1.82, 2.24) is 4.90 Å². The zero-order chi connectivity index (χ0) is 14.0. The second kappa shape index (κ2) is 5.48. The van der Waals surface area contributed by atoms with Gasteiger partial charge in [0.2, 0.25) is 0 Å². The van der Waals surface area contributed by atoms with Crippen LogP contribution in [0, 0.1) is 0 Å². The third-order valence-corrected chi connectivity index (χ3v) is 3.37. The number of halogens is 3. The maximum atomic E-state index is 12.7. The van der Waals surface area contributed by atoms with E-state index in [4.69, 9.17) is 5.11 Å². The maximum Gasteiger partial charge on any atom is 0.416 e. The van der Waals surface area contributed by atoms with E-state index in [1.165, 1.54) is 6.07 Å². The predicted octanol–water partition coefficient (Wildman–Crippen LogP) is 1.81. The third-order valence-electron chi connectivity index (χ3n) is 3.37. The van der Waals surface area contributed by atoms with E-state index in [9.17, 15) is 18.3 Å². The van der Waals surface area contributed by atoms with Crippen LogP contribution < -0.4 is 0 Å². The van der Waals surface area contributed by atoms with Gasteiger partial charge in [0.25, 0.3) is 0 Å². The van der Waals surface area contributed by atoms with Crippen molar-refractivity contribution in [2.24, 2.45) is 0 Å². The molecule has 2 atom stereocenters. The largest absolute Gasteiger partial charge is 0.416 e. The van der Waals surface area contributed by atoms with Gasteiger partial charge in [-0.2, -0.15) is 13.2 Å². The minimum atomic E-state index is -4.37. The van der Waals surface area contributed by atoms with Gasteiger partial charge in [-0.15, -0.1) is 0 Å². The monoisotopic (exact) mass is 275 g/mol. The summed E-state index contributed by atoms with van der Waals surface area (Å²) in [6, 6.07) is 4.88. The van der Waals surface area contributed by atoms with Crippen LogP contribution in [0.4, 0.5) is 13.2 Å². The standard InChI is InChI=1S/C13H16F3NO2/c14-13(15,16)10-3-1-2-9(6-10)12-7-11(19)8-17(12)4-5-18/h1-3,6,11-12,18-19H,4-5,7-8H2/t11-,12-/m0/s1. The molecule has 1 saturated heterocycles. The zero-order valence-corrected chi connectivity index (χ0v) is 10.3. The third kappa shape index (κ3) is 3.26. The fourth-order valence-corrected chi connectivity index (χ4v) is 2.52. The molecule has 1 fully saturated rings. The molecule has 1 aliphatic rings. The van der Waals surface area contributed by atoms with E-state index in [2.05, 4.69) is 0 Å². The molecule has 0 saturated carbocycles. The molecule has 1 heterocycles. The highest BCUT2D eigenvalue weighted by Gasteiger charge is 2.34. The quantitative estimate of drug-likeness (QED) is 0.884. The molecule has 19 heavy (non-hydrogen) atoms. The van der Waals surface area contributed by atoms with Gasteiger partial charge in [0.1, 0.15) is 0 Å². The zero-order valence-electron chi connectivity index (χ0n) is 10.3. The van der Waals surface area contributed by atoms with Gasteiger partial charge in [0, 0.05) is 19.1 Å². The summed E-state index contributed by atoms with van der Waals surface area (Å²) in [5, 5.41) is 18.6. The lowest BCUT2D eigenvalue weighted by atomic mass is 10.0. The van der Waals surface area contributed by atoms with Gasteiger partial charge in [-0.25, -0.2) is 0 Å². The highest BCUT2D eigenvalue weighted by molar-refractivity contribution is 5.28. The first-order chi connectivity index (χ1) is 8.91. The summed E-state index contributed by atoms with van der Waals surface area (Å²) >= 11 is 0. The molecule has 6 heteroatoms. The lowest BCUT2D eigenvalue weighted by Gasteiger charge is -2.24. The van der Waals surface area contributed by atoms with Gasteiger partial charge in [-0.1, -0.05) is 12.1 Å². The van der Waals surface area contributed by atoms with Gasteiger partial charge >= 0.3 is 6.18 Å². The first-order valence-corrected chi connectivity index (χ1v) is 6.12. The Morgan fingerprint density at radius 1 is 1.32 bits per heavy atom. The molecule has 106 valence electrons. The lowest BCUT2D eigenvalue weighted by molar-refractivity contribution is -0.137. The molecule has 0 bridgehead atoms. The van der Waals surface area contributed by atoms with Crippen LogP contribution in [0.1, 0.15) is 23.6 Å². The minimum absolute atomic E-state index is 0.0812. The van der Waals surface area contributed by atoms with Crippen LogP contribution in [-0.4, -0.2) is 40.9 Å². The Balaban J connectivity index is 2.25. The molecule has 3 nitrogen and oxygen atoms in total. The average molecular weight is 275 g/mol. The van der Waals surface area contributed by atoms with Gasteiger partial charge in [-0.3, -0.25) is 4.90 Å². The average Bonchev–Trinajstić information content (AvgIpc) is 2.70. The van der Waals surface area contributed by atoms with Crippen LogP contribution in [0.15, 0.2) is 24.3 Å². The molecule has 2 rings (SSSR count). The van der Waals surface area contributed by atoms with Crippen LogP contribution in [0.3, 0.4) is 0 Å². The fourth-order valence-electron chi connectivity index (χ4n) is 2.52. The van der Waals surface area contributed by atoms with Gasteiger partial charge in [-0.05, 0) is 24.1 Å². The van der Waals surface area contributed by atoms with Crippen molar-refractivity contribution in [2.45, 2.75) is 24.7 Å². The molecule has 0 unspecified atom stereocenters. The number of nitrogens with zero attached hydrogens (tertiary/aromatic N) is 1. The second-order valence-electron chi connectivity index (χ2n) is 4.75. The lowest BCUT2D eigenvalue weighted by Crippen LogP contribution is -2.28. The molecule has 1 aliphatic heterocycles. The molecular weight excluding hydrogens is 259 g/mol. The van der Waals surface area contributed by atoms with E-state index in [0.29, 0.717) is 25.1 Å². The number of aliphatic hydroxyl groups is 2. The highest BCUT2D eigenvalue weighted by Crippen LogP contribution is 2.35. The van der Waals surface area contributed by atoms with E-state index in [1.54, 1.807) is 11.0 Å². The summed E-state index contributed by atoms with van der Waals surface area (Å²) < 4.78 is 38.0. The van der Waals surface area contributed by atoms with E-state index >= 15 is 0 Å². The SMILES string of the molecule is OCCN1C[C@@H](O)C[C@H]1c1cccc(C(F)(F)F)c1. The molecule has 0 spiro atoms.